The summed E-state index contributed by atoms with van der Waals surface area (Å²) in [5.74, 6) is -0.647. The lowest BCUT2D eigenvalue weighted by Crippen LogP contribution is -2.08. The van der Waals surface area contributed by atoms with Crippen LogP contribution in [0.2, 0.25) is 0 Å². The van der Waals surface area contributed by atoms with Crippen LogP contribution in [0.3, 0.4) is 0 Å². The third-order valence-corrected chi connectivity index (χ3v) is 4.23. The Morgan fingerprint density at radius 1 is 1.29 bits per heavy atom. The Balaban J connectivity index is 2.39. The van der Waals surface area contributed by atoms with Crippen molar-refractivity contribution in [1.29, 1.82) is 0 Å². The van der Waals surface area contributed by atoms with Gasteiger partial charge in [0.1, 0.15) is 0 Å². The van der Waals surface area contributed by atoms with E-state index in [-0.39, 0.29) is 24.2 Å². The van der Waals surface area contributed by atoms with Gasteiger partial charge < -0.3 is 10.2 Å². The van der Waals surface area contributed by atoms with Crippen molar-refractivity contribution in [1.82, 2.24) is 0 Å². The molecule has 0 aromatic rings. The van der Waals surface area contributed by atoms with Gasteiger partial charge in [-0.2, -0.15) is 0 Å². The van der Waals surface area contributed by atoms with Gasteiger partial charge >= 0.3 is 5.97 Å². The summed E-state index contributed by atoms with van der Waals surface area (Å²) in [6.07, 6.45) is 16.0. The number of aliphatic carboxylic acids is 1. The molecule has 24 heavy (non-hydrogen) atoms. The van der Waals surface area contributed by atoms with E-state index >= 15 is 0 Å². The summed E-state index contributed by atoms with van der Waals surface area (Å²) in [4.78, 5) is 22.4. The van der Waals surface area contributed by atoms with E-state index < -0.39 is 5.97 Å². The summed E-state index contributed by atoms with van der Waals surface area (Å²) in [6.45, 7) is 2.14. The van der Waals surface area contributed by atoms with Crippen molar-refractivity contribution in [3.63, 3.8) is 0 Å². The molecule has 0 heterocycles. The van der Waals surface area contributed by atoms with E-state index in [4.69, 9.17) is 5.11 Å². The van der Waals surface area contributed by atoms with Crippen LogP contribution in [0.1, 0.15) is 64.7 Å². The number of carbonyl (C=O) groups excluding carboxylic acids is 1. The maximum absolute atomic E-state index is 11.9. The first kappa shape index (κ1) is 20.4. The monoisotopic (exact) mass is 334 g/mol. The van der Waals surface area contributed by atoms with Crippen LogP contribution >= 0.6 is 0 Å². The number of carbonyl (C=O) groups is 2. The number of hydrogen-bond acceptors (Lipinski definition) is 3. The maximum Gasteiger partial charge on any atom is 0.303 e. The minimum atomic E-state index is -0.768. The smallest absolute Gasteiger partial charge is 0.303 e. The fourth-order valence-electron chi connectivity index (χ4n) is 2.79. The molecule has 0 amide bonds. The third kappa shape index (κ3) is 8.25. The first-order valence-electron chi connectivity index (χ1n) is 9.02. The molecule has 0 radical (unpaired) electrons. The van der Waals surface area contributed by atoms with E-state index in [0.29, 0.717) is 12.8 Å². The Hall–Kier alpha value is -1.68. The van der Waals surface area contributed by atoms with E-state index in [1.165, 1.54) is 0 Å². The lowest BCUT2D eigenvalue weighted by Gasteiger charge is -2.11. The second-order valence-electron chi connectivity index (χ2n) is 6.37. The van der Waals surface area contributed by atoms with Crippen molar-refractivity contribution >= 4 is 11.8 Å². The molecule has 4 heteroatoms. The van der Waals surface area contributed by atoms with Crippen molar-refractivity contribution in [3.8, 4) is 0 Å². The van der Waals surface area contributed by atoms with Crippen LogP contribution in [0.4, 0.5) is 0 Å². The van der Waals surface area contributed by atoms with Gasteiger partial charge in [-0.1, -0.05) is 50.5 Å². The van der Waals surface area contributed by atoms with Gasteiger partial charge in [0.15, 0.2) is 5.78 Å². The van der Waals surface area contributed by atoms with Gasteiger partial charge in [0.05, 0.1) is 6.10 Å². The van der Waals surface area contributed by atoms with Crippen LogP contribution < -0.4 is 0 Å². The quantitative estimate of drug-likeness (QED) is 0.319. The maximum atomic E-state index is 11.9. The van der Waals surface area contributed by atoms with E-state index in [0.717, 1.165) is 44.1 Å². The molecule has 0 spiro atoms. The molecule has 0 fully saturated rings. The Labute approximate surface area is 145 Å². The third-order valence-electron chi connectivity index (χ3n) is 4.23. The number of rotatable bonds is 12. The molecule has 0 aliphatic heterocycles. The summed E-state index contributed by atoms with van der Waals surface area (Å²) in [6, 6.07) is 0. The fourth-order valence-corrected chi connectivity index (χ4v) is 2.79. The van der Waals surface area contributed by atoms with Crippen LogP contribution in [0.25, 0.3) is 0 Å². The molecule has 0 aromatic carbocycles. The Bertz CT molecular complexity index is 488. The molecule has 134 valence electrons. The molecule has 0 saturated carbocycles. The van der Waals surface area contributed by atoms with Crippen molar-refractivity contribution in [2.24, 2.45) is 5.92 Å². The Morgan fingerprint density at radius 2 is 2.08 bits per heavy atom. The number of carboxylic acid groups (broad SMARTS) is 1. The summed E-state index contributed by atoms with van der Waals surface area (Å²) >= 11 is 0. The molecular weight excluding hydrogens is 304 g/mol. The minimum absolute atomic E-state index is 0.0417. The van der Waals surface area contributed by atoms with Crippen molar-refractivity contribution < 1.29 is 19.8 Å². The predicted octanol–water partition coefficient (Wildman–Crippen LogP) is 4.20. The van der Waals surface area contributed by atoms with Crippen LogP contribution in [0.15, 0.2) is 36.0 Å². The minimum Gasteiger partial charge on any atom is -0.481 e. The number of carboxylic acids is 1. The standard InChI is InChI=1S/C20H30O4/c1-2-3-6-10-17(21)13-14-18-16(12-15-19(18)22)9-7-4-5-8-11-20(23)24/h4,7,12,14-17,21H,2-3,5-6,8-11,13H2,1H3,(H,23,24)/b7-4-,18-14+/t16?,17-/m0/s1. The van der Waals surface area contributed by atoms with Crippen molar-refractivity contribution in [2.45, 2.75) is 70.8 Å². The summed E-state index contributed by atoms with van der Waals surface area (Å²) in [5, 5.41) is 18.6. The lowest BCUT2D eigenvalue weighted by molar-refractivity contribution is -0.137. The van der Waals surface area contributed by atoms with Crippen molar-refractivity contribution in [2.75, 3.05) is 0 Å². The first-order chi connectivity index (χ1) is 11.5. The molecular formula is C20H30O4. The fraction of sp³-hybridized carbons (Fsp3) is 0.600. The number of ketones is 1. The SMILES string of the molecule is CCCCC[C@H](O)C/C=C1/C(=O)C=CC1C/C=C\CCCC(=O)O. The largest absolute Gasteiger partial charge is 0.481 e. The number of unbranched alkanes of at least 4 members (excludes halogenated alkanes) is 3. The molecule has 2 N–H and O–H groups in total. The summed E-state index contributed by atoms with van der Waals surface area (Å²) in [7, 11) is 0. The van der Waals surface area contributed by atoms with Gasteiger partial charge in [-0.15, -0.1) is 0 Å². The van der Waals surface area contributed by atoms with Crippen LogP contribution in [-0.2, 0) is 9.59 Å². The normalized spacial score (nSPS) is 20.3. The summed E-state index contributed by atoms with van der Waals surface area (Å²) in [5.41, 5.74) is 0.778. The van der Waals surface area contributed by atoms with E-state index in [2.05, 4.69) is 6.92 Å². The Kier molecular flexibility index (Phi) is 10.0. The molecule has 1 aliphatic carbocycles. The highest BCUT2D eigenvalue weighted by Crippen LogP contribution is 2.26. The van der Waals surface area contributed by atoms with E-state index in [1.54, 1.807) is 6.08 Å². The number of aliphatic hydroxyl groups excluding tert-OH is 1. The van der Waals surface area contributed by atoms with Gasteiger partial charge in [0.2, 0.25) is 0 Å². The first-order valence-corrected chi connectivity index (χ1v) is 9.02. The van der Waals surface area contributed by atoms with Gasteiger partial charge in [0.25, 0.3) is 0 Å². The van der Waals surface area contributed by atoms with E-state index in [9.17, 15) is 14.7 Å². The highest BCUT2D eigenvalue weighted by molar-refractivity contribution is 6.07. The zero-order valence-electron chi connectivity index (χ0n) is 14.6. The zero-order valence-corrected chi connectivity index (χ0v) is 14.6. The van der Waals surface area contributed by atoms with Crippen LogP contribution in [0, 0.1) is 5.92 Å². The second-order valence-corrected chi connectivity index (χ2v) is 6.37. The lowest BCUT2D eigenvalue weighted by atomic mass is 9.95. The summed E-state index contributed by atoms with van der Waals surface area (Å²) < 4.78 is 0. The van der Waals surface area contributed by atoms with Gasteiger partial charge in [-0.25, -0.2) is 0 Å². The molecule has 1 rings (SSSR count). The molecule has 4 nitrogen and oxygen atoms in total. The predicted molar refractivity (Wildman–Crippen MR) is 95.7 cm³/mol. The van der Waals surface area contributed by atoms with Gasteiger partial charge in [-0.3, -0.25) is 9.59 Å². The zero-order chi connectivity index (χ0) is 17.8. The molecule has 1 unspecified atom stereocenters. The van der Waals surface area contributed by atoms with E-state index in [1.807, 2.05) is 24.3 Å². The number of hydrogen-bond donors (Lipinski definition) is 2. The molecule has 0 aromatic heterocycles. The number of aliphatic hydroxyl groups is 1. The number of allylic oxidation sites excluding steroid dienone is 5. The Morgan fingerprint density at radius 3 is 2.79 bits per heavy atom. The molecule has 2 atom stereocenters. The van der Waals surface area contributed by atoms with Crippen molar-refractivity contribution in [3.05, 3.63) is 36.0 Å². The van der Waals surface area contributed by atoms with Gasteiger partial charge in [-0.05, 0) is 38.2 Å². The average Bonchev–Trinajstić information content (AvgIpc) is 2.89. The average molecular weight is 334 g/mol. The molecule has 0 saturated heterocycles. The highest BCUT2D eigenvalue weighted by atomic mass is 16.4. The van der Waals surface area contributed by atoms with Gasteiger partial charge in [0, 0.05) is 17.9 Å². The second kappa shape index (κ2) is 11.8. The topological polar surface area (TPSA) is 74.6 Å². The van der Waals surface area contributed by atoms with Crippen LogP contribution in [0.5, 0.6) is 0 Å². The molecule has 1 aliphatic rings. The molecule has 0 bridgehead atoms. The highest BCUT2D eigenvalue weighted by Gasteiger charge is 2.21. The van der Waals surface area contributed by atoms with Crippen LogP contribution in [-0.4, -0.2) is 28.1 Å².